The van der Waals surface area contributed by atoms with Crippen LogP contribution in [0, 0.1) is 34.5 Å². The number of rotatable bonds is 8. The zero-order chi connectivity index (χ0) is 33.8. The van der Waals surface area contributed by atoms with E-state index in [9.17, 15) is 24.3 Å². The topological polar surface area (TPSA) is 143 Å². The molecule has 1 spiro atoms. The molecule has 9 atom stereocenters. The predicted molar refractivity (Wildman–Crippen MR) is 165 cm³/mol. The van der Waals surface area contributed by atoms with E-state index in [1.165, 1.54) is 13.8 Å². The number of carbonyl (C=O) groups is 5. The number of benzene rings is 1. The molecule has 1 aromatic rings. The molecule has 2 bridgehead atoms. The minimum absolute atomic E-state index is 0.0688. The van der Waals surface area contributed by atoms with Gasteiger partial charge in [-0.15, -0.1) is 0 Å². The Balaban J connectivity index is 1.62. The molecule has 0 radical (unpaired) electrons. The second-order valence-electron chi connectivity index (χ2n) is 13.5. The lowest BCUT2D eigenvalue weighted by molar-refractivity contribution is -0.211. The van der Waals surface area contributed by atoms with Gasteiger partial charge in [0.15, 0.2) is 23.6 Å². The fourth-order valence-corrected chi connectivity index (χ4v) is 8.30. The molecule has 4 aliphatic carbocycles. The van der Waals surface area contributed by atoms with E-state index < -0.39 is 64.4 Å². The van der Waals surface area contributed by atoms with Crippen molar-refractivity contribution >= 4 is 29.7 Å². The van der Waals surface area contributed by atoms with Crippen molar-refractivity contribution in [1.82, 2.24) is 0 Å². The van der Waals surface area contributed by atoms with E-state index >= 15 is 4.79 Å². The van der Waals surface area contributed by atoms with Gasteiger partial charge in [-0.05, 0) is 62.7 Å². The zero-order valence-electron chi connectivity index (χ0n) is 27.3. The van der Waals surface area contributed by atoms with Crippen molar-refractivity contribution < 1.29 is 48.0 Å². The minimum Gasteiger partial charge on any atom is -0.461 e. The summed E-state index contributed by atoms with van der Waals surface area (Å²) >= 11 is 0. The number of carbonyl (C=O) groups excluding carboxylic acids is 5. The smallest absolute Gasteiger partial charge is 0.338 e. The third-order valence-electron chi connectivity index (χ3n) is 10.7. The summed E-state index contributed by atoms with van der Waals surface area (Å²) < 4.78 is 23.0. The van der Waals surface area contributed by atoms with Gasteiger partial charge >= 0.3 is 23.9 Å². The summed E-state index contributed by atoms with van der Waals surface area (Å²) in [5.41, 5.74) is -3.08. The fraction of sp³-hybridized carbons (Fsp3) is 0.528. The average Bonchev–Trinajstić information content (AvgIpc) is 3.55. The summed E-state index contributed by atoms with van der Waals surface area (Å²) in [6.07, 6.45) is 2.55. The monoisotopic (exact) mass is 634 g/mol. The molecule has 0 heterocycles. The first-order chi connectivity index (χ1) is 21.6. The van der Waals surface area contributed by atoms with Crippen molar-refractivity contribution in [3.8, 4) is 0 Å². The summed E-state index contributed by atoms with van der Waals surface area (Å²) in [5, 5.41) is 13.1. The highest BCUT2D eigenvalue weighted by molar-refractivity contribution is 5.96. The Kier molecular flexibility index (Phi) is 8.66. The Hall–Kier alpha value is -4.05. The van der Waals surface area contributed by atoms with Crippen LogP contribution in [0.25, 0.3) is 0 Å². The average molecular weight is 635 g/mol. The van der Waals surface area contributed by atoms with Crippen molar-refractivity contribution in [2.45, 2.75) is 72.7 Å². The van der Waals surface area contributed by atoms with Crippen LogP contribution in [-0.2, 0) is 38.1 Å². The molecule has 2 fully saturated rings. The Bertz CT molecular complexity index is 1560. The van der Waals surface area contributed by atoms with Gasteiger partial charge in [-0.2, -0.15) is 0 Å². The predicted octanol–water partition coefficient (Wildman–Crippen LogP) is 4.31. The highest BCUT2D eigenvalue weighted by Gasteiger charge is 2.78. The van der Waals surface area contributed by atoms with Crippen LogP contribution >= 0.6 is 0 Å². The molecule has 3 unspecified atom stereocenters. The van der Waals surface area contributed by atoms with Gasteiger partial charge in [-0.3, -0.25) is 14.4 Å². The van der Waals surface area contributed by atoms with Gasteiger partial charge in [0, 0.05) is 36.3 Å². The molecule has 1 aromatic carbocycles. The SMILES string of the molecule is C/C=C(/C)C(=O)O[C@H]1C(C)=CC23C(=O)C(C=C(COC(C)=O)[C@@H](OC(C)=O)[C@]12O)[C@H]1[C@@H](C[C@H]3C)C1(C)COC(=O)c1ccccc1. The highest BCUT2D eigenvalue weighted by Crippen LogP contribution is 2.72. The molecule has 0 amide bonds. The second kappa shape index (κ2) is 12.0. The summed E-state index contributed by atoms with van der Waals surface area (Å²) in [4.78, 5) is 65.7. The molecule has 0 aliphatic heterocycles. The van der Waals surface area contributed by atoms with Gasteiger partial charge in [0.1, 0.15) is 6.61 Å². The third-order valence-corrected chi connectivity index (χ3v) is 10.7. The van der Waals surface area contributed by atoms with Crippen LogP contribution in [0.2, 0.25) is 0 Å². The molecule has 0 saturated heterocycles. The molecule has 1 N–H and O–H groups in total. The number of ether oxygens (including phenoxy) is 4. The van der Waals surface area contributed by atoms with Crippen molar-refractivity contribution in [3.05, 3.63) is 70.8 Å². The zero-order valence-corrected chi connectivity index (χ0v) is 27.3. The highest BCUT2D eigenvalue weighted by atomic mass is 16.6. The van der Waals surface area contributed by atoms with E-state index in [-0.39, 0.29) is 36.4 Å². The van der Waals surface area contributed by atoms with Gasteiger partial charge in [0.05, 0.1) is 17.6 Å². The third kappa shape index (κ3) is 5.11. The maximum Gasteiger partial charge on any atom is 0.338 e. The van der Waals surface area contributed by atoms with Crippen molar-refractivity contribution in [1.29, 1.82) is 0 Å². The minimum atomic E-state index is -2.25. The summed E-state index contributed by atoms with van der Waals surface area (Å²) in [6, 6.07) is 8.66. The number of ketones is 1. The second-order valence-corrected chi connectivity index (χ2v) is 13.5. The lowest BCUT2D eigenvalue weighted by Crippen LogP contribution is -2.66. The first kappa shape index (κ1) is 33.3. The molecule has 4 aliphatic rings. The molecule has 10 heteroatoms. The van der Waals surface area contributed by atoms with Crippen LogP contribution in [0.1, 0.15) is 65.2 Å². The maximum atomic E-state index is 15.1. The number of hydrogen-bond acceptors (Lipinski definition) is 10. The van der Waals surface area contributed by atoms with Crippen molar-refractivity contribution in [3.63, 3.8) is 0 Å². The normalized spacial score (nSPS) is 36.1. The maximum absolute atomic E-state index is 15.1. The van der Waals surface area contributed by atoms with E-state index in [2.05, 4.69) is 0 Å². The molecule has 10 nitrogen and oxygen atoms in total. The Morgan fingerprint density at radius 1 is 1.00 bits per heavy atom. The lowest BCUT2D eigenvalue weighted by Gasteiger charge is -2.49. The number of Topliss-reactive ketones (excluding diaryl/α,β-unsaturated/α-hetero) is 1. The molecule has 5 rings (SSSR count). The quantitative estimate of drug-likeness (QED) is 0.190. The van der Waals surface area contributed by atoms with E-state index in [1.54, 1.807) is 63.3 Å². The molecule has 0 aromatic heterocycles. The van der Waals surface area contributed by atoms with Crippen LogP contribution in [-0.4, -0.2) is 65.8 Å². The van der Waals surface area contributed by atoms with Crippen LogP contribution in [0.5, 0.6) is 0 Å². The lowest BCUT2D eigenvalue weighted by atomic mass is 9.59. The van der Waals surface area contributed by atoms with Gasteiger partial charge in [0.25, 0.3) is 0 Å². The van der Waals surface area contributed by atoms with Gasteiger partial charge < -0.3 is 24.1 Å². The number of aliphatic hydroxyl groups is 1. The largest absolute Gasteiger partial charge is 0.461 e. The molecule has 2 saturated carbocycles. The molecule has 246 valence electrons. The van der Waals surface area contributed by atoms with Crippen molar-refractivity contribution in [2.75, 3.05) is 13.2 Å². The van der Waals surface area contributed by atoms with Crippen LogP contribution in [0.4, 0.5) is 0 Å². The summed E-state index contributed by atoms with van der Waals surface area (Å²) in [7, 11) is 0. The molecular weight excluding hydrogens is 592 g/mol. The number of fused-ring (bicyclic) bond motifs is 3. The van der Waals surface area contributed by atoms with Crippen LogP contribution in [0.3, 0.4) is 0 Å². The number of esters is 4. The Morgan fingerprint density at radius 2 is 1.67 bits per heavy atom. The fourth-order valence-electron chi connectivity index (χ4n) is 8.30. The first-order valence-electron chi connectivity index (χ1n) is 15.7. The van der Waals surface area contributed by atoms with Crippen LogP contribution in [0.15, 0.2) is 65.3 Å². The summed E-state index contributed by atoms with van der Waals surface area (Å²) in [5.74, 6) is -4.52. The molecular formula is C36H42O10. The molecule has 46 heavy (non-hydrogen) atoms. The Labute approximate surface area is 268 Å². The van der Waals surface area contributed by atoms with E-state index in [4.69, 9.17) is 18.9 Å². The Morgan fingerprint density at radius 3 is 2.28 bits per heavy atom. The number of allylic oxidation sites excluding steroid dienone is 2. The van der Waals surface area contributed by atoms with Crippen LogP contribution < -0.4 is 0 Å². The number of hydrogen-bond donors (Lipinski definition) is 1. The van der Waals surface area contributed by atoms with Crippen molar-refractivity contribution in [2.24, 2.45) is 34.5 Å². The standard InChI is InChI=1S/C36H42O10/c1-8-19(2)32(40)46-30-20(3)16-35-21(4)14-27-28(34(27,7)18-44-33(41)24-12-10-9-11-13-24)26(29(35)39)15-25(17-43-22(5)37)31(36(30,35)42)45-23(6)38/h8-13,15-16,21,26-28,30-31,42H,14,17-18H2,1-7H3/b19-8-/t21-,26?,27-,28+,30+,31-,34?,35?,36-/m1/s1. The van der Waals surface area contributed by atoms with Gasteiger partial charge in [-0.25, -0.2) is 9.59 Å². The van der Waals surface area contributed by atoms with Gasteiger partial charge in [-0.1, -0.05) is 50.3 Å². The van der Waals surface area contributed by atoms with E-state index in [0.717, 1.165) is 0 Å². The summed E-state index contributed by atoms with van der Waals surface area (Å²) in [6.45, 7) is 10.9. The first-order valence-corrected chi connectivity index (χ1v) is 15.7. The van der Waals surface area contributed by atoms with Gasteiger partial charge in [0.2, 0.25) is 0 Å². The van der Waals surface area contributed by atoms with E-state index in [0.29, 0.717) is 23.1 Å². The van der Waals surface area contributed by atoms with E-state index in [1.807, 2.05) is 19.9 Å².